The highest BCUT2D eigenvalue weighted by Crippen LogP contribution is 2.01. The van der Waals surface area contributed by atoms with Gasteiger partial charge in [0.25, 0.3) is 5.91 Å². The summed E-state index contributed by atoms with van der Waals surface area (Å²) in [7, 11) is 1.63. The summed E-state index contributed by atoms with van der Waals surface area (Å²) in [5.41, 5.74) is 0.317. The Morgan fingerprint density at radius 3 is 2.71 bits per heavy atom. The molecule has 1 heterocycles. The van der Waals surface area contributed by atoms with Gasteiger partial charge in [-0.05, 0) is 12.8 Å². The van der Waals surface area contributed by atoms with Crippen molar-refractivity contribution in [1.82, 2.24) is 15.3 Å². The Kier molecular flexibility index (Phi) is 9.06. The van der Waals surface area contributed by atoms with Gasteiger partial charge in [-0.1, -0.05) is 6.92 Å². The van der Waals surface area contributed by atoms with Crippen molar-refractivity contribution in [3.8, 4) is 0 Å². The second kappa shape index (κ2) is 11.0. The summed E-state index contributed by atoms with van der Waals surface area (Å²) < 4.78 is 10.2. The number of aromatic nitrogens is 2. The Labute approximate surface area is 125 Å². The van der Waals surface area contributed by atoms with E-state index in [2.05, 4.69) is 27.5 Å². The maximum Gasteiger partial charge on any atom is 0.271 e. The number of ether oxygens (including phenoxy) is 2. The molecular formula is C14H24N4O3. The van der Waals surface area contributed by atoms with Crippen LogP contribution in [-0.4, -0.2) is 55.9 Å². The van der Waals surface area contributed by atoms with E-state index >= 15 is 0 Å². The van der Waals surface area contributed by atoms with Crippen molar-refractivity contribution in [2.75, 3.05) is 45.3 Å². The van der Waals surface area contributed by atoms with Gasteiger partial charge in [0.05, 0.1) is 25.6 Å². The second-order valence-corrected chi connectivity index (χ2v) is 4.43. The Bertz CT molecular complexity index is 398. The number of hydrogen-bond donors (Lipinski definition) is 2. The molecular weight excluding hydrogens is 272 g/mol. The molecule has 1 amide bonds. The molecule has 0 saturated heterocycles. The van der Waals surface area contributed by atoms with Crippen molar-refractivity contribution in [2.45, 2.75) is 19.8 Å². The zero-order chi connectivity index (χ0) is 15.3. The molecule has 1 rings (SSSR count). The van der Waals surface area contributed by atoms with Gasteiger partial charge >= 0.3 is 0 Å². The highest BCUT2D eigenvalue weighted by Gasteiger charge is 2.06. The molecule has 0 atom stereocenters. The third-order valence-corrected chi connectivity index (χ3v) is 2.62. The first-order chi connectivity index (χ1) is 10.3. The van der Waals surface area contributed by atoms with Crippen LogP contribution in [0.2, 0.25) is 0 Å². The summed E-state index contributed by atoms with van der Waals surface area (Å²) in [6, 6.07) is 0. The van der Waals surface area contributed by atoms with Crippen molar-refractivity contribution in [3.63, 3.8) is 0 Å². The molecule has 1 aromatic heterocycles. The predicted octanol–water partition coefficient (Wildman–Crippen LogP) is 1.08. The van der Waals surface area contributed by atoms with E-state index in [0.29, 0.717) is 37.9 Å². The van der Waals surface area contributed by atoms with Gasteiger partial charge in [0.1, 0.15) is 11.5 Å². The van der Waals surface area contributed by atoms with Gasteiger partial charge in [0, 0.05) is 26.8 Å². The van der Waals surface area contributed by atoms with Gasteiger partial charge in [-0.2, -0.15) is 0 Å². The zero-order valence-corrected chi connectivity index (χ0v) is 12.7. The first-order valence-corrected chi connectivity index (χ1v) is 7.18. The summed E-state index contributed by atoms with van der Waals surface area (Å²) in [4.78, 5) is 20.0. The van der Waals surface area contributed by atoms with E-state index in [-0.39, 0.29) is 5.91 Å². The van der Waals surface area contributed by atoms with Crippen LogP contribution in [0.1, 0.15) is 30.3 Å². The summed E-state index contributed by atoms with van der Waals surface area (Å²) >= 11 is 0. The maximum absolute atomic E-state index is 11.8. The number of amides is 1. The number of rotatable bonds is 11. The fraction of sp³-hybridized carbons (Fsp3) is 0.643. The summed E-state index contributed by atoms with van der Waals surface area (Å²) in [5, 5.41) is 5.88. The molecule has 0 saturated carbocycles. The Morgan fingerprint density at radius 2 is 2.05 bits per heavy atom. The molecule has 0 aliphatic carbocycles. The summed E-state index contributed by atoms with van der Waals surface area (Å²) in [6.07, 6.45) is 4.80. The van der Waals surface area contributed by atoms with Crippen LogP contribution in [0, 0.1) is 0 Å². The van der Waals surface area contributed by atoms with E-state index in [4.69, 9.17) is 9.47 Å². The number of hydrogen-bond acceptors (Lipinski definition) is 6. The van der Waals surface area contributed by atoms with Gasteiger partial charge in [-0.15, -0.1) is 0 Å². The number of methoxy groups -OCH3 is 1. The SMILES string of the molecule is CCCNc1cnc(C(=O)NCCCOCCOC)cn1. The molecule has 7 nitrogen and oxygen atoms in total. The molecule has 0 radical (unpaired) electrons. The number of carbonyl (C=O) groups is 1. The number of carbonyl (C=O) groups excluding carboxylic acids is 1. The monoisotopic (exact) mass is 296 g/mol. The third kappa shape index (κ3) is 7.57. The van der Waals surface area contributed by atoms with Crippen molar-refractivity contribution in [1.29, 1.82) is 0 Å². The Morgan fingerprint density at radius 1 is 1.19 bits per heavy atom. The van der Waals surface area contributed by atoms with E-state index < -0.39 is 0 Å². The lowest BCUT2D eigenvalue weighted by atomic mass is 10.4. The first-order valence-electron chi connectivity index (χ1n) is 7.18. The van der Waals surface area contributed by atoms with Crippen LogP contribution in [0.5, 0.6) is 0 Å². The van der Waals surface area contributed by atoms with E-state index in [1.807, 2.05) is 0 Å². The van der Waals surface area contributed by atoms with E-state index in [0.717, 1.165) is 19.4 Å². The number of nitrogens with one attached hydrogen (secondary N) is 2. The number of anilines is 1. The van der Waals surface area contributed by atoms with Crippen LogP contribution in [0.15, 0.2) is 12.4 Å². The zero-order valence-electron chi connectivity index (χ0n) is 12.7. The average molecular weight is 296 g/mol. The highest BCUT2D eigenvalue weighted by atomic mass is 16.5. The predicted molar refractivity (Wildman–Crippen MR) is 80.5 cm³/mol. The van der Waals surface area contributed by atoms with E-state index in [1.54, 1.807) is 13.3 Å². The molecule has 1 aromatic rings. The molecule has 2 N–H and O–H groups in total. The maximum atomic E-state index is 11.8. The van der Waals surface area contributed by atoms with E-state index in [9.17, 15) is 4.79 Å². The van der Waals surface area contributed by atoms with Crippen LogP contribution >= 0.6 is 0 Å². The lowest BCUT2D eigenvalue weighted by Crippen LogP contribution is -2.26. The van der Waals surface area contributed by atoms with Crippen LogP contribution < -0.4 is 10.6 Å². The molecule has 0 fully saturated rings. The molecule has 0 aromatic carbocycles. The standard InChI is InChI=1S/C14H24N4O3/c1-3-5-15-13-11-17-12(10-18-13)14(19)16-6-4-7-21-9-8-20-2/h10-11H,3-9H2,1-2H3,(H,15,18)(H,16,19). The van der Waals surface area contributed by atoms with E-state index in [1.165, 1.54) is 6.20 Å². The van der Waals surface area contributed by atoms with Gasteiger partial charge in [0.15, 0.2) is 0 Å². The van der Waals surface area contributed by atoms with Crippen LogP contribution in [0.25, 0.3) is 0 Å². The summed E-state index contributed by atoms with van der Waals surface area (Å²) in [5.74, 6) is 0.460. The molecule has 7 heteroatoms. The van der Waals surface area contributed by atoms with Crippen LogP contribution in [0.4, 0.5) is 5.82 Å². The summed E-state index contributed by atoms with van der Waals surface area (Å²) in [6.45, 7) is 5.20. The average Bonchev–Trinajstić information content (AvgIpc) is 2.52. The topological polar surface area (TPSA) is 85.4 Å². The van der Waals surface area contributed by atoms with Gasteiger partial charge in [0.2, 0.25) is 0 Å². The minimum absolute atomic E-state index is 0.221. The lowest BCUT2D eigenvalue weighted by Gasteiger charge is -2.06. The fourth-order valence-electron chi connectivity index (χ4n) is 1.50. The Balaban J connectivity index is 2.19. The molecule has 0 spiro atoms. The quantitative estimate of drug-likeness (QED) is 0.594. The molecule has 118 valence electrons. The van der Waals surface area contributed by atoms with Crippen molar-refractivity contribution in [2.24, 2.45) is 0 Å². The molecule has 0 bridgehead atoms. The minimum Gasteiger partial charge on any atom is -0.382 e. The lowest BCUT2D eigenvalue weighted by molar-refractivity contribution is 0.0688. The minimum atomic E-state index is -0.221. The first kappa shape index (κ1) is 17.3. The van der Waals surface area contributed by atoms with Crippen LogP contribution in [0.3, 0.4) is 0 Å². The smallest absolute Gasteiger partial charge is 0.271 e. The fourth-order valence-corrected chi connectivity index (χ4v) is 1.50. The van der Waals surface area contributed by atoms with Crippen molar-refractivity contribution >= 4 is 11.7 Å². The molecule has 21 heavy (non-hydrogen) atoms. The van der Waals surface area contributed by atoms with Crippen molar-refractivity contribution < 1.29 is 14.3 Å². The highest BCUT2D eigenvalue weighted by molar-refractivity contribution is 5.91. The molecule has 0 unspecified atom stereocenters. The third-order valence-electron chi connectivity index (χ3n) is 2.62. The Hall–Kier alpha value is -1.73. The van der Waals surface area contributed by atoms with Crippen LogP contribution in [-0.2, 0) is 9.47 Å². The normalized spacial score (nSPS) is 10.4. The van der Waals surface area contributed by atoms with Gasteiger partial charge in [-0.25, -0.2) is 9.97 Å². The van der Waals surface area contributed by atoms with Crippen molar-refractivity contribution in [3.05, 3.63) is 18.1 Å². The number of nitrogens with zero attached hydrogens (tertiary/aromatic N) is 2. The van der Waals surface area contributed by atoms with Gasteiger partial charge in [-0.3, -0.25) is 4.79 Å². The molecule has 0 aliphatic rings. The second-order valence-electron chi connectivity index (χ2n) is 4.43. The van der Waals surface area contributed by atoms with Gasteiger partial charge < -0.3 is 20.1 Å². The molecule has 0 aliphatic heterocycles. The largest absolute Gasteiger partial charge is 0.382 e.